The van der Waals surface area contributed by atoms with Crippen molar-refractivity contribution in [2.24, 2.45) is 0 Å². The molecule has 2 heterocycles. The Balaban J connectivity index is 1.72. The van der Waals surface area contributed by atoms with Crippen molar-refractivity contribution in [1.29, 1.82) is 0 Å². The third kappa shape index (κ3) is 3.49. The Kier molecular flexibility index (Phi) is 4.46. The molecule has 123 valence electrons. The molecule has 0 atom stereocenters. The first-order valence-corrected chi connectivity index (χ1v) is 8.29. The maximum absolute atomic E-state index is 6.02. The summed E-state index contributed by atoms with van der Waals surface area (Å²) >= 11 is 6.02. The predicted octanol–water partition coefficient (Wildman–Crippen LogP) is 4.62. The van der Waals surface area contributed by atoms with Gasteiger partial charge in [-0.05, 0) is 42.5 Å². The molecule has 0 bridgehead atoms. The molecule has 0 saturated carbocycles. The fourth-order valence-corrected chi connectivity index (χ4v) is 2.59. The first-order chi connectivity index (χ1) is 12.8. The molecule has 1 N–H and O–H groups in total. The van der Waals surface area contributed by atoms with Crippen LogP contribution < -0.4 is 5.32 Å². The predicted molar refractivity (Wildman–Crippen MR) is 103 cm³/mol. The van der Waals surface area contributed by atoms with Crippen LogP contribution in [0.25, 0.3) is 11.0 Å². The Hall–Kier alpha value is -3.42. The van der Waals surface area contributed by atoms with Gasteiger partial charge in [-0.2, -0.15) is 0 Å². The monoisotopic (exact) mass is 355 g/mol. The molecule has 26 heavy (non-hydrogen) atoms. The van der Waals surface area contributed by atoms with E-state index in [0.29, 0.717) is 16.5 Å². The van der Waals surface area contributed by atoms with Crippen molar-refractivity contribution in [3.8, 4) is 11.8 Å². The molecule has 0 aliphatic carbocycles. The number of para-hydroxylation sites is 1. The Morgan fingerprint density at radius 2 is 1.88 bits per heavy atom. The van der Waals surface area contributed by atoms with Crippen LogP contribution in [0.2, 0.25) is 5.15 Å². The minimum absolute atomic E-state index is 0.392. The quantitative estimate of drug-likeness (QED) is 0.421. The van der Waals surface area contributed by atoms with Crippen LogP contribution in [-0.4, -0.2) is 15.0 Å². The third-order valence-electron chi connectivity index (χ3n) is 3.68. The molecule has 0 saturated heterocycles. The summed E-state index contributed by atoms with van der Waals surface area (Å²) in [7, 11) is 0. The van der Waals surface area contributed by atoms with Crippen molar-refractivity contribution in [2.45, 2.75) is 0 Å². The van der Waals surface area contributed by atoms with Crippen molar-refractivity contribution < 1.29 is 0 Å². The minimum atomic E-state index is 0.392. The number of anilines is 2. The zero-order valence-electron chi connectivity index (χ0n) is 13.6. The van der Waals surface area contributed by atoms with Gasteiger partial charge < -0.3 is 5.32 Å². The summed E-state index contributed by atoms with van der Waals surface area (Å²) in [5.74, 6) is 6.91. The lowest BCUT2D eigenvalue weighted by atomic mass is 10.1. The van der Waals surface area contributed by atoms with E-state index < -0.39 is 0 Å². The number of aromatic nitrogens is 3. The van der Waals surface area contributed by atoms with Crippen molar-refractivity contribution in [3.05, 3.63) is 89.3 Å². The molecule has 0 aliphatic heterocycles. The second-order valence-electron chi connectivity index (χ2n) is 5.44. The topological polar surface area (TPSA) is 50.7 Å². The van der Waals surface area contributed by atoms with Gasteiger partial charge in [0.1, 0.15) is 17.0 Å². The smallest absolute Gasteiger partial charge is 0.160 e. The number of nitrogens with zero attached hydrogens (tertiary/aromatic N) is 3. The van der Waals surface area contributed by atoms with E-state index in [0.717, 1.165) is 22.3 Å². The number of rotatable bonds is 2. The van der Waals surface area contributed by atoms with E-state index in [-0.39, 0.29) is 0 Å². The molecule has 2 aromatic carbocycles. The van der Waals surface area contributed by atoms with Crippen molar-refractivity contribution >= 4 is 34.1 Å². The lowest BCUT2D eigenvalue weighted by Crippen LogP contribution is -1.99. The molecule has 0 fully saturated rings. The van der Waals surface area contributed by atoms with Crippen LogP contribution in [0.15, 0.2) is 67.0 Å². The molecule has 0 spiro atoms. The maximum Gasteiger partial charge on any atom is 0.160 e. The highest BCUT2D eigenvalue weighted by molar-refractivity contribution is 6.29. The van der Waals surface area contributed by atoms with E-state index in [1.54, 1.807) is 6.07 Å². The van der Waals surface area contributed by atoms with Gasteiger partial charge >= 0.3 is 0 Å². The summed E-state index contributed by atoms with van der Waals surface area (Å²) in [6, 6.07) is 21.9. The average Bonchev–Trinajstić information content (AvgIpc) is 2.68. The van der Waals surface area contributed by atoms with Crippen molar-refractivity contribution in [3.63, 3.8) is 0 Å². The molecule has 2 aromatic heterocycles. The normalized spacial score (nSPS) is 10.2. The van der Waals surface area contributed by atoms with E-state index in [2.05, 4.69) is 38.2 Å². The number of halogens is 1. The van der Waals surface area contributed by atoms with Crippen LogP contribution in [0.1, 0.15) is 11.1 Å². The van der Waals surface area contributed by atoms with Crippen LogP contribution in [0.5, 0.6) is 0 Å². The number of pyridine rings is 1. The van der Waals surface area contributed by atoms with Gasteiger partial charge in [0, 0.05) is 11.1 Å². The molecule has 4 nitrogen and oxygen atoms in total. The summed E-state index contributed by atoms with van der Waals surface area (Å²) in [5.41, 5.74) is 3.92. The van der Waals surface area contributed by atoms with Crippen LogP contribution in [-0.2, 0) is 0 Å². The van der Waals surface area contributed by atoms with Gasteiger partial charge in [0.25, 0.3) is 0 Å². The summed E-state index contributed by atoms with van der Waals surface area (Å²) in [5, 5.41) is 3.69. The summed E-state index contributed by atoms with van der Waals surface area (Å²) in [6.45, 7) is 0. The van der Waals surface area contributed by atoms with Crippen LogP contribution in [0, 0.1) is 17.9 Å². The Morgan fingerprint density at radius 3 is 2.77 bits per heavy atom. The van der Waals surface area contributed by atoms with Crippen LogP contribution >= 0.6 is 11.6 Å². The number of hydrogen-bond acceptors (Lipinski definition) is 4. The molecule has 0 amide bonds. The van der Waals surface area contributed by atoms with E-state index >= 15 is 0 Å². The largest absolute Gasteiger partial charge is 0.337 e. The molecule has 0 aliphatic rings. The second-order valence-corrected chi connectivity index (χ2v) is 5.82. The zero-order chi connectivity index (χ0) is 17.8. The van der Waals surface area contributed by atoms with E-state index in [1.807, 2.05) is 54.6 Å². The number of nitrogens with one attached hydrogen (secondary N) is 1. The first-order valence-electron chi connectivity index (χ1n) is 7.91. The molecule has 5 heteroatoms. The van der Waals surface area contributed by atoms with Gasteiger partial charge in [-0.3, -0.25) is 0 Å². The molecule has 4 aromatic rings. The SMILES string of the molecule is Clc1ccc2ncnc(Nc3ccccc3C#Cc3c[c]ccc3)c2n1. The Bertz CT molecular complexity index is 1130. The highest BCUT2D eigenvalue weighted by Gasteiger charge is 2.08. The lowest BCUT2D eigenvalue weighted by molar-refractivity contribution is 1.19. The van der Waals surface area contributed by atoms with Gasteiger partial charge in [0.05, 0.1) is 11.2 Å². The second kappa shape index (κ2) is 7.22. The van der Waals surface area contributed by atoms with E-state index in [9.17, 15) is 0 Å². The summed E-state index contributed by atoms with van der Waals surface area (Å²) in [6.07, 6.45) is 1.49. The highest BCUT2D eigenvalue weighted by atomic mass is 35.5. The van der Waals surface area contributed by atoms with Crippen LogP contribution in [0.3, 0.4) is 0 Å². The van der Waals surface area contributed by atoms with Crippen molar-refractivity contribution in [1.82, 2.24) is 15.0 Å². The van der Waals surface area contributed by atoms with E-state index in [4.69, 9.17) is 11.6 Å². The average molecular weight is 356 g/mol. The lowest BCUT2D eigenvalue weighted by Gasteiger charge is -2.09. The molecule has 0 unspecified atom stereocenters. The number of benzene rings is 2. The Morgan fingerprint density at radius 1 is 0.962 bits per heavy atom. The minimum Gasteiger partial charge on any atom is -0.337 e. The fraction of sp³-hybridized carbons (Fsp3) is 0. The summed E-state index contributed by atoms with van der Waals surface area (Å²) in [4.78, 5) is 12.9. The van der Waals surface area contributed by atoms with Gasteiger partial charge in [-0.1, -0.05) is 47.7 Å². The standard InChI is InChI=1S/C21H12ClN4/c22-19-13-12-18-20(26-19)21(24-14-23-18)25-17-9-5-4-8-16(17)11-10-15-6-2-1-3-7-15/h1-2,4-9,12-14H,(H,23,24,25). The van der Waals surface area contributed by atoms with Gasteiger partial charge in [-0.25, -0.2) is 15.0 Å². The maximum atomic E-state index is 6.02. The molecular weight excluding hydrogens is 344 g/mol. The molecular formula is C21H12ClN4. The van der Waals surface area contributed by atoms with Gasteiger partial charge in [0.2, 0.25) is 0 Å². The number of hydrogen-bond donors (Lipinski definition) is 1. The first kappa shape index (κ1) is 16.1. The highest BCUT2D eigenvalue weighted by Crippen LogP contribution is 2.24. The summed E-state index contributed by atoms with van der Waals surface area (Å²) < 4.78 is 0. The van der Waals surface area contributed by atoms with Gasteiger partial charge in [0.15, 0.2) is 5.82 Å². The van der Waals surface area contributed by atoms with Gasteiger partial charge in [-0.15, -0.1) is 0 Å². The molecule has 1 radical (unpaired) electrons. The Labute approximate surface area is 155 Å². The molecule has 4 rings (SSSR count). The third-order valence-corrected chi connectivity index (χ3v) is 3.89. The zero-order valence-corrected chi connectivity index (χ0v) is 14.3. The van der Waals surface area contributed by atoms with Crippen molar-refractivity contribution in [2.75, 3.05) is 5.32 Å². The van der Waals surface area contributed by atoms with E-state index in [1.165, 1.54) is 6.33 Å². The number of fused-ring (bicyclic) bond motifs is 1. The van der Waals surface area contributed by atoms with Crippen LogP contribution in [0.4, 0.5) is 11.5 Å². The fourth-order valence-electron chi connectivity index (χ4n) is 2.45.